The van der Waals surface area contributed by atoms with E-state index in [0.717, 1.165) is 28.3 Å². The highest BCUT2D eigenvalue weighted by Crippen LogP contribution is 2.47. The highest BCUT2D eigenvalue weighted by atomic mass is 79.9. The van der Waals surface area contributed by atoms with Gasteiger partial charge in [0, 0.05) is 22.6 Å². The molecule has 4 rings (SSSR count). The average Bonchev–Trinajstić information content (AvgIpc) is 3.22. The van der Waals surface area contributed by atoms with Crippen LogP contribution in [0.2, 0.25) is 0 Å². The lowest BCUT2D eigenvalue weighted by Crippen LogP contribution is -3.00. The molecule has 0 radical (unpaired) electrons. The normalized spacial score (nSPS) is 28.4. The number of quaternary nitrogens is 1. The molecule has 0 amide bonds. The Bertz CT molecular complexity index is 618. The second kappa shape index (κ2) is 7.43. The molecular formula is C20H28BrNOS2. The summed E-state index contributed by atoms with van der Waals surface area (Å²) >= 11 is 3.38. The SMILES string of the molecule is C[N+]1(C)[C@@H]2CCC[C@H]1C[C@H](CC(O)(c1cccs1)c1cccs1)C2.[Br-]. The molecule has 3 atom stereocenters. The van der Waals surface area contributed by atoms with Crippen LogP contribution in [-0.2, 0) is 5.60 Å². The lowest BCUT2D eigenvalue weighted by molar-refractivity contribution is -0.950. The van der Waals surface area contributed by atoms with Crippen molar-refractivity contribution >= 4 is 22.7 Å². The summed E-state index contributed by atoms with van der Waals surface area (Å²) in [5.74, 6) is 0.626. The summed E-state index contributed by atoms with van der Waals surface area (Å²) in [5.41, 5.74) is -0.796. The molecule has 4 heterocycles. The third kappa shape index (κ3) is 3.51. The molecule has 2 bridgehead atoms. The summed E-state index contributed by atoms with van der Waals surface area (Å²) in [5, 5.41) is 15.9. The van der Waals surface area contributed by atoms with E-state index in [1.54, 1.807) is 22.7 Å². The van der Waals surface area contributed by atoms with Crippen LogP contribution in [0.25, 0.3) is 0 Å². The molecule has 2 aliphatic heterocycles. The van der Waals surface area contributed by atoms with Gasteiger partial charge in [-0.2, -0.15) is 0 Å². The van der Waals surface area contributed by atoms with Crippen molar-refractivity contribution < 1.29 is 26.6 Å². The Kier molecular flexibility index (Phi) is 5.81. The van der Waals surface area contributed by atoms with E-state index in [1.807, 2.05) is 0 Å². The molecule has 0 saturated carbocycles. The minimum Gasteiger partial charge on any atom is -1.00 e. The van der Waals surface area contributed by atoms with Crippen LogP contribution in [0.4, 0.5) is 0 Å². The van der Waals surface area contributed by atoms with Crippen LogP contribution >= 0.6 is 22.7 Å². The number of nitrogens with zero attached hydrogens (tertiary/aromatic N) is 1. The number of fused-ring (bicyclic) bond motifs is 2. The molecule has 25 heavy (non-hydrogen) atoms. The molecule has 2 aliphatic rings. The van der Waals surface area contributed by atoms with Crippen molar-refractivity contribution in [1.29, 1.82) is 0 Å². The van der Waals surface area contributed by atoms with E-state index >= 15 is 0 Å². The van der Waals surface area contributed by atoms with Gasteiger partial charge in [-0.05, 0) is 54.5 Å². The van der Waals surface area contributed by atoms with Crippen molar-refractivity contribution in [3.05, 3.63) is 44.8 Å². The van der Waals surface area contributed by atoms with Gasteiger partial charge >= 0.3 is 0 Å². The molecule has 2 aromatic rings. The van der Waals surface area contributed by atoms with E-state index in [9.17, 15) is 5.11 Å². The highest BCUT2D eigenvalue weighted by molar-refractivity contribution is 7.11. The van der Waals surface area contributed by atoms with Gasteiger partial charge in [-0.15, -0.1) is 22.7 Å². The minimum atomic E-state index is -0.796. The minimum absolute atomic E-state index is 0. The Balaban J connectivity index is 0.00000182. The number of hydrogen-bond donors (Lipinski definition) is 1. The molecule has 2 nitrogen and oxygen atoms in total. The second-order valence-corrected chi connectivity index (χ2v) is 10.1. The zero-order chi connectivity index (χ0) is 16.8. The number of piperidine rings is 2. The number of halogens is 1. The third-order valence-corrected chi connectivity index (χ3v) is 8.65. The van der Waals surface area contributed by atoms with E-state index in [2.05, 4.69) is 49.1 Å². The van der Waals surface area contributed by atoms with Crippen molar-refractivity contribution in [2.75, 3.05) is 14.1 Å². The zero-order valence-corrected chi connectivity index (χ0v) is 18.2. The lowest BCUT2D eigenvalue weighted by atomic mass is 9.72. The fraction of sp³-hybridized carbons (Fsp3) is 0.600. The molecule has 2 aromatic heterocycles. The number of hydrogen-bond acceptors (Lipinski definition) is 3. The maximum atomic E-state index is 11.7. The fourth-order valence-corrected chi connectivity index (χ4v) is 6.90. The van der Waals surface area contributed by atoms with Gasteiger partial charge in [0.15, 0.2) is 0 Å². The Hall–Kier alpha value is -0.200. The van der Waals surface area contributed by atoms with Crippen molar-refractivity contribution in [3.63, 3.8) is 0 Å². The fourth-order valence-electron chi connectivity index (χ4n) is 5.13. The zero-order valence-electron chi connectivity index (χ0n) is 15.0. The molecule has 2 fully saturated rings. The van der Waals surface area contributed by atoms with E-state index in [0.29, 0.717) is 5.92 Å². The first-order chi connectivity index (χ1) is 11.5. The topological polar surface area (TPSA) is 20.2 Å². The van der Waals surface area contributed by atoms with Crippen molar-refractivity contribution in [2.24, 2.45) is 5.92 Å². The first-order valence-electron chi connectivity index (χ1n) is 9.14. The lowest BCUT2D eigenvalue weighted by Gasteiger charge is -2.54. The molecule has 0 unspecified atom stereocenters. The van der Waals surface area contributed by atoms with Crippen LogP contribution in [0.15, 0.2) is 35.0 Å². The van der Waals surface area contributed by atoms with Gasteiger partial charge in [0.2, 0.25) is 0 Å². The van der Waals surface area contributed by atoms with Crippen LogP contribution in [0.3, 0.4) is 0 Å². The Labute approximate surface area is 169 Å². The van der Waals surface area contributed by atoms with Crippen molar-refractivity contribution in [3.8, 4) is 0 Å². The Morgan fingerprint density at radius 3 is 2.00 bits per heavy atom. The molecule has 1 N–H and O–H groups in total. The van der Waals surface area contributed by atoms with Gasteiger partial charge in [-0.25, -0.2) is 0 Å². The standard InChI is InChI=1S/C20H28NOS2.BrH/c1-21(2)16-6-3-7-17(21)13-15(12-16)14-20(22,18-8-4-10-23-18)19-9-5-11-24-19;/h4-5,8-11,15-17,22H,3,6-7,12-14H2,1-2H3;1H/q+1;/p-1/t15-,16-,17+;. The van der Waals surface area contributed by atoms with Crippen LogP contribution in [-0.4, -0.2) is 35.8 Å². The maximum Gasteiger partial charge on any atom is 0.133 e. The summed E-state index contributed by atoms with van der Waals surface area (Å²) in [7, 11) is 4.85. The quantitative estimate of drug-likeness (QED) is 0.717. The summed E-state index contributed by atoms with van der Waals surface area (Å²) in [6, 6.07) is 9.89. The molecule has 2 saturated heterocycles. The van der Waals surface area contributed by atoms with Gasteiger partial charge in [-0.3, -0.25) is 0 Å². The van der Waals surface area contributed by atoms with Gasteiger partial charge in [0.05, 0.1) is 26.2 Å². The number of aliphatic hydroxyl groups is 1. The summed E-state index contributed by atoms with van der Waals surface area (Å²) in [6.45, 7) is 0. The van der Waals surface area contributed by atoms with Gasteiger partial charge < -0.3 is 26.6 Å². The Morgan fingerprint density at radius 2 is 1.56 bits per heavy atom. The second-order valence-electron chi connectivity index (χ2n) is 8.22. The van der Waals surface area contributed by atoms with Gasteiger partial charge in [0.1, 0.15) is 5.60 Å². The predicted octanol–water partition coefficient (Wildman–Crippen LogP) is 1.85. The molecule has 0 aliphatic carbocycles. The molecule has 5 heteroatoms. The Morgan fingerprint density at radius 1 is 1.04 bits per heavy atom. The first-order valence-corrected chi connectivity index (χ1v) is 10.9. The molecular weight excluding hydrogens is 414 g/mol. The molecule has 0 aromatic carbocycles. The maximum absolute atomic E-state index is 11.7. The van der Waals surface area contributed by atoms with Crippen molar-refractivity contribution in [2.45, 2.75) is 56.2 Å². The molecule has 0 spiro atoms. The smallest absolute Gasteiger partial charge is 0.133 e. The van der Waals surface area contributed by atoms with Crippen molar-refractivity contribution in [1.82, 2.24) is 0 Å². The summed E-state index contributed by atoms with van der Waals surface area (Å²) in [6.07, 6.45) is 7.52. The van der Waals surface area contributed by atoms with Crippen LogP contribution in [0.1, 0.15) is 48.3 Å². The monoisotopic (exact) mass is 441 g/mol. The average molecular weight is 442 g/mol. The molecule has 138 valence electrons. The van der Waals surface area contributed by atoms with E-state index < -0.39 is 5.60 Å². The number of thiophene rings is 2. The number of rotatable bonds is 4. The van der Waals surface area contributed by atoms with E-state index in [-0.39, 0.29) is 17.0 Å². The summed E-state index contributed by atoms with van der Waals surface area (Å²) < 4.78 is 1.20. The van der Waals surface area contributed by atoms with Crippen LogP contribution in [0.5, 0.6) is 0 Å². The van der Waals surface area contributed by atoms with E-state index in [4.69, 9.17) is 0 Å². The predicted molar refractivity (Wildman–Crippen MR) is 103 cm³/mol. The van der Waals surface area contributed by atoms with Crippen LogP contribution in [0, 0.1) is 5.92 Å². The third-order valence-electron chi connectivity index (χ3n) is 6.61. The highest BCUT2D eigenvalue weighted by Gasteiger charge is 2.48. The van der Waals surface area contributed by atoms with E-state index in [1.165, 1.54) is 36.6 Å². The first kappa shape index (κ1) is 19.6. The van der Waals surface area contributed by atoms with Gasteiger partial charge in [-0.1, -0.05) is 12.1 Å². The summed E-state index contributed by atoms with van der Waals surface area (Å²) in [4.78, 5) is 2.21. The van der Waals surface area contributed by atoms with Gasteiger partial charge in [0.25, 0.3) is 0 Å². The van der Waals surface area contributed by atoms with Crippen LogP contribution < -0.4 is 17.0 Å². The largest absolute Gasteiger partial charge is 1.00 e.